The summed E-state index contributed by atoms with van der Waals surface area (Å²) >= 11 is 0. The summed E-state index contributed by atoms with van der Waals surface area (Å²) < 4.78 is 23.3. The van der Waals surface area contributed by atoms with E-state index in [-0.39, 0.29) is 5.25 Å². The molecule has 1 rings (SSSR count). The molecule has 1 aromatic rings. The van der Waals surface area contributed by atoms with Crippen LogP contribution in [0.4, 0.5) is 0 Å². The van der Waals surface area contributed by atoms with E-state index in [0.29, 0.717) is 5.75 Å². The Morgan fingerprint density at radius 1 is 0.913 bits per heavy atom. The fourth-order valence-electron chi connectivity index (χ4n) is 2.38. The second kappa shape index (κ2) is 10.6. The van der Waals surface area contributed by atoms with Gasteiger partial charge in [-0.2, -0.15) is 0 Å². The van der Waals surface area contributed by atoms with Crippen LogP contribution in [0.5, 0.6) is 0 Å². The average molecular weight is 337 g/mol. The molecule has 0 aliphatic rings. The molecule has 0 radical (unpaired) electrons. The van der Waals surface area contributed by atoms with Gasteiger partial charge in [-0.15, -0.1) is 0 Å². The maximum absolute atomic E-state index is 11.7. The lowest BCUT2D eigenvalue weighted by molar-refractivity contribution is 0.585. The Labute approximate surface area is 142 Å². The molecule has 0 heterocycles. The molecule has 3 heteroatoms. The van der Waals surface area contributed by atoms with Gasteiger partial charge in [-0.05, 0) is 63.5 Å². The SMILES string of the molecule is CCCCc1ccc(CC/C=C/CCCS(=O)(=O)C(C)C)cc1. The molecule has 0 bridgehead atoms. The van der Waals surface area contributed by atoms with Crippen molar-refractivity contribution in [2.45, 2.75) is 71.0 Å². The number of benzene rings is 1. The molecule has 0 aromatic heterocycles. The Morgan fingerprint density at radius 3 is 2.04 bits per heavy atom. The number of sulfone groups is 1. The Hall–Kier alpha value is -1.09. The van der Waals surface area contributed by atoms with Crippen LogP contribution in [-0.4, -0.2) is 19.4 Å². The second-order valence-corrected chi connectivity index (χ2v) is 9.16. The smallest absolute Gasteiger partial charge is 0.152 e. The maximum Gasteiger partial charge on any atom is 0.152 e. The van der Waals surface area contributed by atoms with E-state index in [1.54, 1.807) is 13.8 Å². The van der Waals surface area contributed by atoms with Crippen molar-refractivity contribution in [2.75, 3.05) is 5.75 Å². The summed E-state index contributed by atoms with van der Waals surface area (Å²) in [5, 5.41) is -0.258. The number of rotatable bonds is 11. The van der Waals surface area contributed by atoms with Gasteiger partial charge in [0.25, 0.3) is 0 Å². The normalized spacial score (nSPS) is 12.3. The molecule has 0 saturated heterocycles. The monoisotopic (exact) mass is 336 g/mol. The lowest BCUT2D eigenvalue weighted by Crippen LogP contribution is -2.17. The molecule has 0 spiro atoms. The van der Waals surface area contributed by atoms with Crippen LogP contribution in [0.2, 0.25) is 0 Å². The maximum atomic E-state index is 11.7. The van der Waals surface area contributed by atoms with Crippen LogP contribution in [-0.2, 0) is 22.7 Å². The van der Waals surface area contributed by atoms with E-state index in [2.05, 4.69) is 43.3 Å². The third kappa shape index (κ3) is 8.36. The molecule has 0 aliphatic heterocycles. The van der Waals surface area contributed by atoms with Gasteiger partial charge in [0.05, 0.1) is 11.0 Å². The molecule has 1 aromatic carbocycles. The number of allylic oxidation sites excluding steroid dienone is 2. The highest BCUT2D eigenvalue weighted by Gasteiger charge is 2.14. The van der Waals surface area contributed by atoms with Crippen molar-refractivity contribution in [3.05, 3.63) is 47.5 Å². The average Bonchev–Trinajstić information content (AvgIpc) is 2.53. The van der Waals surface area contributed by atoms with Gasteiger partial charge in [0.2, 0.25) is 0 Å². The summed E-state index contributed by atoms with van der Waals surface area (Å²) in [6, 6.07) is 8.94. The number of hydrogen-bond acceptors (Lipinski definition) is 2. The van der Waals surface area contributed by atoms with E-state index in [1.165, 1.54) is 30.4 Å². The second-order valence-electron chi connectivity index (χ2n) is 6.49. The highest BCUT2D eigenvalue weighted by molar-refractivity contribution is 7.91. The van der Waals surface area contributed by atoms with E-state index in [0.717, 1.165) is 25.7 Å². The standard InChI is InChI=1S/C20H32O2S/c1-4-5-11-19-13-15-20(16-14-19)12-9-7-6-8-10-17-23(21,22)18(2)3/h6-7,13-16,18H,4-5,8-12,17H2,1-3H3/b7-6+. The van der Waals surface area contributed by atoms with E-state index in [4.69, 9.17) is 0 Å². The Kier molecular flexibility index (Phi) is 9.23. The van der Waals surface area contributed by atoms with Crippen LogP contribution in [0.3, 0.4) is 0 Å². The van der Waals surface area contributed by atoms with Crippen molar-refractivity contribution in [3.8, 4) is 0 Å². The van der Waals surface area contributed by atoms with Crippen molar-refractivity contribution in [2.24, 2.45) is 0 Å². The van der Waals surface area contributed by atoms with Gasteiger partial charge in [-0.25, -0.2) is 8.42 Å². The van der Waals surface area contributed by atoms with Gasteiger partial charge in [-0.3, -0.25) is 0 Å². The van der Waals surface area contributed by atoms with Crippen LogP contribution in [0.1, 0.15) is 64.0 Å². The third-order valence-corrected chi connectivity index (χ3v) is 6.42. The van der Waals surface area contributed by atoms with E-state index in [9.17, 15) is 8.42 Å². The zero-order valence-electron chi connectivity index (χ0n) is 14.9. The molecular weight excluding hydrogens is 304 g/mol. The van der Waals surface area contributed by atoms with Crippen molar-refractivity contribution in [1.29, 1.82) is 0 Å². The predicted molar refractivity (Wildman–Crippen MR) is 101 cm³/mol. The van der Waals surface area contributed by atoms with E-state index in [1.807, 2.05) is 0 Å². The van der Waals surface area contributed by atoms with E-state index < -0.39 is 9.84 Å². The molecular formula is C20H32O2S. The fraction of sp³-hybridized carbons (Fsp3) is 0.600. The molecule has 0 aliphatic carbocycles. The number of hydrogen-bond donors (Lipinski definition) is 0. The van der Waals surface area contributed by atoms with Crippen molar-refractivity contribution in [1.82, 2.24) is 0 Å². The minimum atomic E-state index is -2.88. The van der Waals surface area contributed by atoms with Crippen LogP contribution in [0.15, 0.2) is 36.4 Å². The quantitative estimate of drug-likeness (QED) is 0.415. The molecule has 0 unspecified atom stereocenters. The van der Waals surface area contributed by atoms with Crippen molar-refractivity contribution < 1.29 is 8.42 Å². The van der Waals surface area contributed by atoms with Gasteiger partial charge in [0, 0.05) is 0 Å². The molecule has 0 fully saturated rings. The zero-order valence-corrected chi connectivity index (χ0v) is 15.7. The zero-order chi connectivity index (χ0) is 17.1. The lowest BCUT2D eigenvalue weighted by atomic mass is 10.0. The van der Waals surface area contributed by atoms with Crippen LogP contribution < -0.4 is 0 Å². The Morgan fingerprint density at radius 2 is 1.48 bits per heavy atom. The summed E-state index contributed by atoms with van der Waals surface area (Å²) in [5.41, 5.74) is 2.80. The molecule has 0 N–H and O–H groups in total. The van der Waals surface area contributed by atoms with E-state index >= 15 is 0 Å². The first-order chi connectivity index (χ1) is 11.0. The van der Waals surface area contributed by atoms with Gasteiger partial charge < -0.3 is 0 Å². The van der Waals surface area contributed by atoms with Crippen LogP contribution >= 0.6 is 0 Å². The summed E-state index contributed by atoms with van der Waals surface area (Å²) in [6.45, 7) is 5.72. The first kappa shape index (κ1) is 20.0. The van der Waals surface area contributed by atoms with Crippen LogP contribution in [0, 0.1) is 0 Å². The fourth-order valence-corrected chi connectivity index (χ4v) is 3.42. The topological polar surface area (TPSA) is 34.1 Å². The lowest BCUT2D eigenvalue weighted by Gasteiger charge is -2.05. The summed E-state index contributed by atoms with van der Waals surface area (Å²) in [5.74, 6) is 0.300. The van der Waals surface area contributed by atoms with Gasteiger partial charge in [0.15, 0.2) is 9.84 Å². The first-order valence-electron chi connectivity index (χ1n) is 8.90. The first-order valence-corrected chi connectivity index (χ1v) is 10.6. The summed E-state index contributed by atoms with van der Waals surface area (Å²) in [7, 11) is -2.88. The van der Waals surface area contributed by atoms with Crippen LogP contribution in [0.25, 0.3) is 0 Å². The third-order valence-electron chi connectivity index (χ3n) is 4.13. The van der Waals surface area contributed by atoms with Crippen molar-refractivity contribution in [3.63, 3.8) is 0 Å². The predicted octanol–water partition coefficient (Wildman–Crippen LogP) is 5.12. The molecule has 130 valence electrons. The minimum Gasteiger partial charge on any atom is -0.229 e. The minimum absolute atomic E-state index is 0.258. The van der Waals surface area contributed by atoms with Gasteiger partial charge in [0.1, 0.15) is 0 Å². The number of aryl methyl sites for hydroxylation is 2. The molecule has 23 heavy (non-hydrogen) atoms. The summed E-state index contributed by atoms with van der Waals surface area (Å²) in [6.07, 6.45) is 11.6. The Balaban J connectivity index is 2.21. The summed E-state index contributed by atoms with van der Waals surface area (Å²) in [4.78, 5) is 0. The van der Waals surface area contributed by atoms with Crippen molar-refractivity contribution >= 4 is 9.84 Å². The molecule has 2 nitrogen and oxygen atoms in total. The number of unbranched alkanes of at least 4 members (excludes halogenated alkanes) is 2. The largest absolute Gasteiger partial charge is 0.229 e. The molecule has 0 saturated carbocycles. The van der Waals surface area contributed by atoms with Gasteiger partial charge >= 0.3 is 0 Å². The highest BCUT2D eigenvalue weighted by atomic mass is 32.2. The molecule has 0 amide bonds. The Bertz CT molecular complexity index is 554. The molecule has 0 atom stereocenters. The van der Waals surface area contributed by atoms with Gasteiger partial charge in [-0.1, -0.05) is 49.8 Å². The highest BCUT2D eigenvalue weighted by Crippen LogP contribution is 2.10.